The maximum Gasteiger partial charge on any atom is 0.264 e. The van der Waals surface area contributed by atoms with Gasteiger partial charge in [0.2, 0.25) is 0 Å². The summed E-state index contributed by atoms with van der Waals surface area (Å²) in [5.41, 5.74) is 0.455. The normalized spacial score (nSPS) is 14.7. The van der Waals surface area contributed by atoms with E-state index in [1.165, 1.54) is 19.1 Å². The fourth-order valence-corrected chi connectivity index (χ4v) is 4.37. The zero-order chi connectivity index (χ0) is 16.8. The molecule has 4 nitrogen and oxygen atoms in total. The molecular weight excluding hydrogens is 324 g/mol. The topological polar surface area (TPSA) is 54.5 Å². The van der Waals surface area contributed by atoms with Crippen molar-refractivity contribution in [2.45, 2.75) is 18.2 Å². The van der Waals surface area contributed by atoms with Crippen LogP contribution in [0.3, 0.4) is 0 Å². The van der Waals surface area contributed by atoms with Crippen LogP contribution in [0.4, 0.5) is 14.5 Å². The molecule has 0 amide bonds. The number of halogens is 2. The highest BCUT2D eigenvalue weighted by atomic mass is 32.2. The van der Waals surface area contributed by atoms with Crippen LogP contribution in [0, 0.1) is 18.6 Å². The molecule has 1 aliphatic heterocycles. The Balaban J connectivity index is 2.15. The van der Waals surface area contributed by atoms with Crippen LogP contribution < -0.4 is 4.31 Å². The Morgan fingerprint density at radius 2 is 1.70 bits per heavy atom. The molecule has 2 aromatic rings. The average Bonchev–Trinajstić information content (AvgIpc) is 2.47. The minimum Gasteiger partial charge on any atom is -0.294 e. The summed E-state index contributed by atoms with van der Waals surface area (Å²) in [6.07, 6.45) is -0.0318. The molecule has 23 heavy (non-hydrogen) atoms. The highest BCUT2D eigenvalue weighted by Gasteiger charge is 2.33. The lowest BCUT2D eigenvalue weighted by atomic mass is 10.0. The molecule has 120 valence electrons. The van der Waals surface area contributed by atoms with Crippen LogP contribution in [0.15, 0.2) is 41.3 Å². The fourth-order valence-electron chi connectivity index (χ4n) is 2.68. The average molecular weight is 337 g/mol. The van der Waals surface area contributed by atoms with Crippen molar-refractivity contribution in [1.29, 1.82) is 0 Å². The number of sulfonamides is 1. The van der Waals surface area contributed by atoms with Crippen LogP contribution >= 0.6 is 0 Å². The number of aryl methyl sites for hydroxylation is 1. The third-order valence-corrected chi connectivity index (χ3v) is 5.75. The Hall–Kier alpha value is -2.28. The first-order valence-corrected chi connectivity index (χ1v) is 8.36. The number of ketones is 1. The lowest BCUT2D eigenvalue weighted by Gasteiger charge is -2.30. The maximum absolute atomic E-state index is 13.4. The van der Waals surface area contributed by atoms with Crippen LogP contribution in [0.25, 0.3) is 0 Å². The van der Waals surface area contributed by atoms with Crippen molar-refractivity contribution >= 4 is 21.5 Å². The van der Waals surface area contributed by atoms with Crippen LogP contribution in [0.5, 0.6) is 0 Å². The predicted molar refractivity (Wildman–Crippen MR) is 81.0 cm³/mol. The van der Waals surface area contributed by atoms with Crippen LogP contribution in [-0.4, -0.2) is 20.7 Å². The lowest BCUT2D eigenvalue weighted by molar-refractivity contribution is 0.0981. The summed E-state index contributed by atoms with van der Waals surface area (Å²) in [4.78, 5) is 11.9. The summed E-state index contributed by atoms with van der Waals surface area (Å²) >= 11 is 0. The summed E-state index contributed by atoms with van der Waals surface area (Å²) in [5.74, 6) is -1.44. The Labute approximate surface area is 132 Å². The molecule has 0 aromatic heterocycles. The van der Waals surface area contributed by atoms with Crippen molar-refractivity contribution in [2.24, 2.45) is 0 Å². The van der Waals surface area contributed by atoms with E-state index in [1.54, 1.807) is 0 Å². The molecule has 0 radical (unpaired) electrons. The molecule has 0 spiro atoms. The first-order chi connectivity index (χ1) is 10.8. The number of carbonyl (C=O) groups is 1. The van der Waals surface area contributed by atoms with E-state index in [0.717, 1.165) is 28.6 Å². The van der Waals surface area contributed by atoms with E-state index in [1.807, 2.05) is 0 Å². The molecule has 0 bridgehead atoms. The highest BCUT2D eigenvalue weighted by Crippen LogP contribution is 2.33. The zero-order valence-electron chi connectivity index (χ0n) is 12.2. The van der Waals surface area contributed by atoms with Crippen LogP contribution in [-0.2, 0) is 10.0 Å². The fraction of sp³-hybridized carbons (Fsp3) is 0.188. The quantitative estimate of drug-likeness (QED) is 0.846. The third-order valence-electron chi connectivity index (χ3n) is 3.77. The molecule has 0 saturated carbocycles. The van der Waals surface area contributed by atoms with Crippen molar-refractivity contribution < 1.29 is 22.0 Å². The van der Waals surface area contributed by atoms with Crippen molar-refractivity contribution in [2.75, 3.05) is 10.8 Å². The Kier molecular flexibility index (Phi) is 3.68. The van der Waals surface area contributed by atoms with Gasteiger partial charge in [0.05, 0.1) is 10.6 Å². The minimum atomic E-state index is -3.97. The Morgan fingerprint density at radius 3 is 2.39 bits per heavy atom. The Bertz CT molecular complexity index is 910. The number of anilines is 1. The number of fused-ring (bicyclic) bond motifs is 1. The van der Waals surface area contributed by atoms with Crippen LogP contribution in [0.2, 0.25) is 0 Å². The van der Waals surface area contributed by atoms with Gasteiger partial charge >= 0.3 is 0 Å². The summed E-state index contributed by atoms with van der Waals surface area (Å²) in [6, 6.07) is 6.82. The summed E-state index contributed by atoms with van der Waals surface area (Å²) < 4.78 is 53.4. The Morgan fingerprint density at radius 1 is 1.04 bits per heavy atom. The monoisotopic (exact) mass is 337 g/mol. The van der Waals surface area contributed by atoms with Gasteiger partial charge in [0, 0.05) is 18.5 Å². The van der Waals surface area contributed by atoms with Gasteiger partial charge in [-0.2, -0.15) is 0 Å². The van der Waals surface area contributed by atoms with Crippen molar-refractivity contribution in [1.82, 2.24) is 0 Å². The van der Waals surface area contributed by atoms with Gasteiger partial charge in [0.25, 0.3) is 10.0 Å². The molecule has 1 heterocycles. The van der Waals surface area contributed by atoms with Gasteiger partial charge in [-0.3, -0.25) is 9.10 Å². The zero-order valence-corrected chi connectivity index (χ0v) is 13.0. The number of Topliss-reactive ketones (excluding diaryl/α,β-unsaturated/α-hetero) is 1. The van der Waals surface area contributed by atoms with E-state index in [2.05, 4.69) is 0 Å². The van der Waals surface area contributed by atoms with Gasteiger partial charge in [-0.05, 0) is 48.9 Å². The molecule has 0 unspecified atom stereocenters. The molecule has 0 aliphatic carbocycles. The largest absolute Gasteiger partial charge is 0.294 e. The number of rotatable bonds is 2. The first kappa shape index (κ1) is 15.6. The van der Waals surface area contributed by atoms with E-state index in [-0.39, 0.29) is 40.5 Å². The number of carbonyl (C=O) groups excluding carboxylic acids is 1. The molecule has 3 rings (SSSR count). The number of hydrogen-bond acceptors (Lipinski definition) is 3. The van der Waals surface area contributed by atoms with E-state index >= 15 is 0 Å². The SMILES string of the molecule is Cc1cc(F)ccc1S(=O)(=O)N1CCC(=O)c2cc(F)ccc21. The summed E-state index contributed by atoms with van der Waals surface area (Å²) in [6.45, 7) is 1.47. The van der Waals surface area contributed by atoms with Gasteiger partial charge in [-0.15, -0.1) is 0 Å². The van der Waals surface area contributed by atoms with E-state index < -0.39 is 21.7 Å². The molecule has 0 atom stereocenters. The van der Waals surface area contributed by atoms with Gasteiger partial charge < -0.3 is 0 Å². The van der Waals surface area contributed by atoms with Gasteiger partial charge in [-0.1, -0.05) is 0 Å². The smallest absolute Gasteiger partial charge is 0.264 e. The highest BCUT2D eigenvalue weighted by molar-refractivity contribution is 7.92. The second kappa shape index (κ2) is 5.42. The molecule has 0 fully saturated rings. The minimum absolute atomic E-state index is 0.0311. The van der Waals surface area contributed by atoms with Crippen molar-refractivity contribution in [3.63, 3.8) is 0 Å². The van der Waals surface area contributed by atoms with Crippen molar-refractivity contribution in [3.05, 3.63) is 59.2 Å². The number of nitrogens with zero attached hydrogens (tertiary/aromatic N) is 1. The standard InChI is InChI=1S/C16H13F2NO3S/c1-10-8-11(17)3-5-16(10)23(21,22)19-7-6-15(20)13-9-12(18)2-4-14(13)19/h2-5,8-9H,6-7H2,1H3. The third kappa shape index (κ3) is 2.61. The molecule has 1 aliphatic rings. The number of benzene rings is 2. The van der Waals surface area contributed by atoms with E-state index in [0.29, 0.717) is 0 Å². The first-order valence-electron chi connectivity index (χ1n) is 6.92. The van der Waals surface area contributed by atoms with Gasteiger partial charge in [0.1, 0.15) is 11.6 Å². The molecule has 2 aromatic carbocycles. The van der Waals surface area contributed by atoms with Crippen molar-refractivity contribution in [3.8, 4) is 0 Å². The van der Waals surface area contributed by atoms with Gasteiger partial charge in [-0.25, -0.2) is 17.2 Å². The number of hydrogen-bond donors (Lipinski definition) is 0. The molecule has 0 saturated heterocycles. The van der Waals surface area contributed by atoms with Gasteiger partial charge in [0.15, 0.2) is 5.78 Å². The second-order valence-electron chi connectivity index (χ2n) is 5.32. The van der Waals surface area contributed by atoms with E-state index in [9.17, 15) is 22.0 Å². The molecular formula is C16H13F2NO3S. The molecule has 7 heteroatoms. The summed E-state index contributed by atoms with van der Waals surface area (Å²) in [5, 5.41) is 0. The molecule has 0 N–H and O–H groups in total. The van der Waals surface area contributed by atoms with Crippen LogP contribution in [0.1, 0.15) is 22.3 Å². The predicted octanol–water partition coefficient (Wildman–Crippen LogP) is 3.05. The maximum atomic E-state index is 13.4. The lowest BCUT2D eigenvalue weighted by Crippen LogP contribution is -2.37. The van der Waals surface area contributed by atoms with E-state index in [4.69, 9.17) is 0 Å². The summed E-state index contributed by atoms with van der Waals surface area (Å²) in [7, 11) is -3.97. The second-order valence-corrected chi connectivity index (χ2v) is 7.15.